The molecule has 2 aliphatic heterocycles. The van der Waals surface area contributed by atoms with Gasteiger partial charge in [-0.3, -0.25) is 0 Å². The van der Waals surface area contributed by atoms with Crippen LogP contribution in [0, 0.1) is 11.8 Å². The van der Waals surface area contributed by atoms with Gasteiger partial charge in [-0.05, 0) is 64.5 Å². The second-order valence-corrected chi connectivity index (χ2v) is 8.85. The third kappa shape index (κ3) is 4.05. The van der Waals surface area contributed by atoms with Crippen molar-refractivity contribution in [1.82, 2.24) is 9.21 Å². The molecule has 0 aliphatic carbocycles. The van der Waals surface area contributed by atoms with Crippen molar-refractivity contribution >= 4 is 11.0 Å². The first-order valence-electron chi connectivity index (χ1n) is 8.38. The second kappa shape index (κ2) is 7.37. The minimum atomic E-state index is -0.743. The Morgan fingerprint density at radius 1 is 0.900 bits per heavy atom. The molecule has 0 saturated carbocycles. The molecular formula is C16H32N2OS. The molecule has 2 rings (SSSR count). The molecule has 0 N–H and O–H groups in total. The fourth-order valence-electron chi connectivity index (χ4n) is 3.53. The fourth-order valence-corrected chi connectivity index (χ4v) is 5.13. The van der Waals surface area contributed by atoms with Gasteiger partial charge in [0.15, 0.2) is 0 Å². The van der Waals surface area contributed by atoms with Crippen molar-refractivity contribution in [3.63, 3.8) is 0 Å². The lowest BCUT2D eigenvalue weighted by Gasteiger charge is -2.38. The number of rotatable bonds is 4. The highest BCUT2D eigenvalue weighted by atomic mass is 32.2. The maximum absolute atomic E-state index is 12.7. The molecule has 0 spiro atoms. The Morgan fingerprint density at radius 2 is 1.45 bits per heavy atom. The van der Waals surface area contributed by atoms with Crippen molar-refractivity contribution in [3.8, 4) is 0 Å². The van der Waals surface area contributed by atoms with Gasteiger partial charge in [-0.15, -0.1) is 0 Å². The van der Waals surface area contributed by atoms with Crippen LogP contribution in [0.25, 0.3) is 0 Å². The predicted molar refractivity (Wildman–Crippen MR) is 87.0 cm³/mol. The van der Waals surface area contributed by atoms with Crippen molar-refractivity contribution in [2.75, 3.05) is 26.2 Å². The highest BCUT2D eigenvalue weighted by Gasteiger charge is 2.31. The Bertz CT molecular complexity index is 286. The molecule has 0 aromatic heterocycles. The van der Waals surface area contributed by atoms with E-state index in [1.807, 2.05) is 0 Å². The Kier molecular flexibility index (Phi) is 6.06. The van der Waals surface area contributed by atoms with Gasteiger partial charge in [-0.25, -0.2) is 8.51 Å². The van der Waals surface area contributed by atoms with Gasteiger partial charge in [-0.2, -0.15) is 0 Å². The molecule has 4 heteroatoms. The quantitative estimate of drug-likeness (QED) is 0.797. The fraction of sp³-hybridized carbons (Fsp3) is 1.00. The van der Waals surface area contributed by atoms with E-state index in [1.54, 1.807) is 0 Å². The minimum Gasteiger partial charge on any atom is -0.301 e. The first-order valence-corrected chi connectivity index (χ1v) is 9.55. The number of nitrogens with zero attached hydrogens (tertiary/aromatic N) is 2. The third-order valence-electron chi connectivity index (χ3n) is 5.19. The molecule has 1 atom stereocenters. The van der Waals surface area contributed by atoms with E-state index in [0.717, 1.165) is 50.9 Å². The van der Waals surface area contributed by atoms with Gasteiger partial charge >= 0.3 is 0 Å². The molecule has 0 bridgehead atoms. The van der Waals surface area contributed by atoms with Crippen LogP contribution in [0.4, 0.5) is 0 Å². The van der Waals surface area contributed by atoms with Crippen molar-refractivity contribution < 1.29 is 4.21 Å². The predicted octanol–water partition coefficient (Wildman–Crippen LogP) is 2.89. The highest BCUT2D eigenvalue weighted by molar-refractivity contribution is 7.83. The number of piperidine rings is 2. The first kappa shape index (κ1) is 16.4. The van der Waals surface area contributed by atoms with Crippen LogP contribution >= 0.6 is 0 Å². The molecule has 118 valence electrons. The van der Waals surface area contributed by atoms with Crippen LogP contribution in [-0.2, 0) is 11.0 Å². The number of hydrogen-bond acceptors (Lipinski definition) is 2. The minimum absolute atomic E-state index is 0.403. The standard InChI is InChI=1S/C16H32N2OS/c1-13(2)15-5-11-18(12-6-15)20(19)16-7-9-17(10-8-16)14(3)4/h13-16H,5-12H2,1-4H3. The molecule has 20 heavy (non-hydrogen) atoms. The van der Waals surface area contributed by atoms with E-state index in [-0.39, 0.29) is 0 Å². The normalized spacial score (nSPS) is 26.5. The van der Waals surface area contributed by atoms with E-state index >= 15 is 0 Å². The maximum Gasteiger partial charge on any atom is 0.0975 e. The van der Waals surface area contributed by atoms with Crippen LogP contribution in [0.3, 0.4) is 0 Å². The monoisotopic (exact) mass is 300 g/mol. The third-order valence-corrected chi connectivity index (χ3v) is 7.10. The summed E-state index contributed by atoms with van der Waals surface area (Å²) in [6.07, 6.45) is 4.67. The average molecular weight is 301 g/mol. The van der Waals surface area contributed by atoms with E-state index in [0.29, 0.717) is 11.3 Å². The Hall–Kier alpha value is 0.0700. The summed E-state index contributed by atoms with van der Waals surface area (Å²) in [7, 11) is -0.743. The molecule has 2 aliphatic rings. The summed E-state index contributed by atoms with van der Waals surface area (Å²) in [6.45, 7) is 13.5. The van der Waals surface area contributed by atoms with Gasteiger partial charge in [0.25, 0.3) is 0 Å². The lowest BCUT2D eigenvalue weighted by Crippen LogP contribution is -2.46. The molecule has 3 nitrogen and oxygen atoms in total. The van der Waals surface area contributed by atoms with E-state index in [2.05, 4.69) is 36.9 Å². The van der Waals surface area contributed by atoms with Crippen LogP contribution in [0.5, 0.6) is 0 Å². The summed E-state index contributed by atoms with van der Waals surface area (Å²) in [5, 5.41) is 0.403. The molecular weight excluding hydrogens is 268 g/mol. The zero-order valence-electron chi connectivity index (χ0n) is 13.7. The first-order chi connectivity index (χ1) is 9.49. The van der Waals surface area contributed by atoms with Gasteiger partial charge in [-0.1, -0.05) is 13.8 Å². The molecule has 0 aromatic rings. The largest absolute Gasteiger partial charge is 0.301 e. The van der Waals surface area contributed by atoms with E-state index in [1.165, 1.54) is 12.8 Å². The Balaban J connectivity index is 1.79. The summed E-state index contributed by atoms with van der Waals surface area (Å²) in [4.78, 5) is 2.51. The van der Waals surface area contributed by atoms with Crippen molar-refractivity contribution in [3.05, 3.63) is 0 Å². The zero-order chi connectivity index (χ0) is 14.7. The molecule has 1 unspecified atom stereocenters. The van der Waals surface area contributed by atoms with Crippen LogP contribution < -0.4 is 0 Å². The molecule has 0 radical (unpaired) electrons. The van der Waals surface area contributed by atoms with Crippen molar-refractivity contribution in [1.29, 1.82) is 0 Å². The Labute approximate surface area is 127 Å². The lowest BCUT2D eigenvalue weighted by atomic mass is 9.87. The summed E-state index contributed by atoms with van der Waals surface area (Å²) >= 11 is 0. The van der Waals surface area contributed by atoms with Gasteiger partial charge in [0.1, 0.15) is 0 Å². The topological polar surface area (TPSA) is 23.6 Å². The van der Waals surface area contributed by atoms with Crippen LogP contribution in [0.1, 0.15) is 53.4 Å². The van der Waals surface area contributed by atoms with Gasteiger partial charge in [0.2, 0.25) is 0 Å². The van der Waals surface area contributed by atoms with E-state index in [4.69, 9.17) is 0 Å². The SMILES string of the molecule is CC(C)C1CCN(S(=O)C2CCN(C(C)C)CC2)CC1. The average Bonchev–Trinajstić information content (AvgIpc) is 2.46. The second-order valence-electron chi connectivity index (χ2n) is 7.12. The molecule has 2 heterocycles. The maximum atomic E-state index is 12.7. The van der Waals surface area contributed by atoms with Crippen LogP contribution in [0.2, 0.25) is 0 Å². The molecule has 0 aromatic carbocycles. The van der Waals surface area contributed by atoms with E-state index in [9.17, 15) is 4.21 Å². The van der Waals surface area contributed by atoms with Crippen molar-refractivity contribution in [2.45, 2.75) is 64.7 Å². The molecule has 2 saturated heterocycles. The van der Waals surface area contributed by atoms with Crippen LogP contribution in [-0.4, -0.2) is 50.9 Å². The molecule has 0 amide bonds. The summed E-state index contributed by atoms with van der Waals surface area (Å²) in [5.74, 6) is 1.62. The van der Waals surface area contributed by atoms with Gasteiger partial charge in [0, 0.05) is 19.1 Å². The zero-order valence-corrected chi connectivity index (χ0v) is 14.5. The summed E-state index contributed by atoms with van der Waals surface area (Å²) in [6, 6.07) is 0.631. The van der Waals surface area contributed by atoms with Gasteiger partial charge in [0.05, 0.1) is 16.2 Å². The smallest absolute Gasteiger partial charge is 0.0975 e. The lowest BCUT2D eigenvalue weighted by molar-refractivity contribution is 0.183. The van der Waals surface area contributed by atoms with Crippen LogP contribution in [0.15, 0.2) is 0 Å². The van der Waals surface area contributed by atoms with E-state index < -0.39 is 11.0 Å². The summed E-state index contributed by atoms with van der Waals surface area (Å²) in [5.41, 5.74) is 0. The Morgan fingerprint density at radius 3 is 1.90 bits per heavy atom. The number of likely N-dealkylation sites (tertiary alicyclic amines) is 1. The summed E-state index contributed by atoms with van der Waals surface area (Å²) < 4.78 is 15.0. The molecule has 2 fully saturated rings. The number of hydrogen-bond donors (Lipinski definition) is 0. The van der Waals surface area contributed by atoms with Gasteiger partial charge < -0.3 is 4.90 Å². The highest BCUT2D eigenvalue weighted by Crippen LogP contribution is 2.27. The van der Waals surface area contributed by atoms with Crippen molar-refractivity contribution in [2.24, 2.45) is 11.8 Å².